The van der Waals surface area contributed by atoms with Gasteiger partial charge in [0.1, 0.15) is 12.4 Å². The maximum atomic E-state index is 12.7. The highest BCUT2D eigenvalue weighted by molar-refractivity contribution is 5.90. The molecule has 2 aromatic carbocycles. The fourth-order valence-corrected chi connectivity index (χ4v) is 2.84. The van der Waals surface area contributed by atoms with Crippen LogP contribution in [0.5, 0.6) is 5.75 Å². The zero-order valence-electron chi connectivity index (χ0n) is 13.4. The molecule has 0 radical (unpaired) electrons. The molecular weight excluding hydrogens is 306 g/mol. The molecule has 0 bridgehead atoms. The molecule has 1 amide bonds. The van der Waals surface area contributed by atoms with Crippen molar-refractivity contribution in [1.82, 2.24) is 0 Å². The summed E-state index contributed by atoms with van der Waals surface area (Å²) in [6.45, 7) is 1.40. The van der Waals surface area contributed by atoms with Crippen LogP contribution in [0.3, 0.4) is 0 Å². The minimum Gasteiger partial charge on any atom is -0.506 e. The maximum absolute atomic E-state index is 12.7. The Morgan fingerprint density at radius 2 is 1.75 bits per heavy atom. The number of anilines is 1. The van der Waals surface area contributed by atoms with Gasteiger partial charge in [-0.2, -0.15) is 0 Å². The Balaban J connectivity index is 1.78. The predicted molar refractivity (Wildman–Crippen MR) is 91.1 cm³/mol. The number of phenols is 1. The standard InChI is InChI=1S/C19H21NO4/c21-18-9-5-4-8-17(18)20(16-10-12-23-13-11-16)19(22)24-14-15-6-2-1-3-7-15/h1-9,16,21H,10-14H2. The smallest absolute Gasteiger partial charge is 0.415 e. The number of carbonyl (C=O) groups is 1. The van der Waals surface area contributed by atoms with Crippen LogP contribution in [0.1, 0.15) is 18.4 Å². The summed E-state index contributed by atoms with van der Waals surface area (Å²) in [7, 11) is 0. The van der Waals surface area contributed by atoms with E-state index >= 15 is 0 Å². The van der Waals surface area contributed by atoms with E-state index in [1.807, 2.05) is 30.3 Å². The quantitative estimate of drug-likeness (QED) is 0.930. The molecule has 1 aliphatic rings. The number of hydrogen-bond donors (Lipinski definition) is 1. The van der Waals surface area contributed by atoms with Gasteiger partial charge in [0, 0.05) is 19.3 Å². The van der Waals surface area contributed by atoms with Crippen molar-refractivity contribution in [3.8, 4) is 5.75 Å². The first kappa shape index (κ1) is 16.3. The van der Waals surface area contributed by atoms with E-state index in [9.17, 15) is 9.90 Å². The monoisotopic (exact) mass is 327 g/mol. The fourth-order valence-electron chi connectivity index (χ4n) is 2.84. The van der Waals surface area contributed by atoms with Crippen LogP contribution in [0.25, 0.3) is 0 Å². The lowest BCUT2D eigenvalue weighted by molar-refractivity contribution is 0.0804. The number of amides is 1. The Kier molecular flexibility index (Phi) is 5.33. The molecule has 2 aromatic rings. The lowest BCUT2D eigenvalue weighted by Crippen LogP contribution is -2.44. The topological polar surface area (TPSA) is 59.0 Å². The van der Waals surface area contributed by atoms with E-state index < -0.39 is 6.09 Å². The maximum Gasteiger partial charge on any atom is 0.415 e. The van der Waals surface area contributed by atoms with Gasteiger partial charge in [-0.05, 0) is 30.5 Å². The van der Waals surface area contributed by atoms with Crippen molar-refractivity contribution in [2.75, 3.05) is 18.1 Å². The van der Waals surface area contributed by atoms with Crippen molar-refractivity contribution in [3.63, 3.8) is 0 Å². The number of rotatable bonds is 4. The Hall–Kier alpha value is -2.53. The third-order valence-electron chi connectivity index (χ3n) is 4.10. The highest BCUT2D eigenvalue weighted by Gasteiger charge is 2.30. The fraction of sp³-hybridized carbons (Fsp3) is 0.316. The predicted octanol–water partition coefficient (Wildman–Crippen LogP) is 3.71. The number of ether oxygens (including phenoxy) is 2. The van der Waals surface area contributed by atoms with Crippen LogP contribution in [-0.4, -0.2) is 30.5 Å². The number of carbonyl (C=O) groups excluding carboxylic acids is 1. The molecule has 1 fully saturated rings. The molecular formula is C19H21NO4. The molecule has 126 valence electrons. The van der Waals surface area contributed by atoms with E-state index in [1.165, 1.54) is 0 Å². The molecule has 0 aliphatic carbocycles. The van der Waals surface area contributed by atoms with Crippen LogP contribution in [-0.2, 0) is 16.1 Å². The summed E-state index contributed by atoms with van der Waals surface area (Å²) >= 11 is 0. The second-order valence-corrected chi connectivity index (χ2v) is 5.74. The summed E-state index contributed by atoms with van der Waals surface area (Å²) in [5.74, 6) is 0.0700. The van der Waals surface area contributed by atoms with Crippen molar-refractivity contribution < 1.29 is 19.4 Å². The van der Waals surface area contributed by atoms with E-state index in [0.29, 0.717) is 18.9 Å². The first-order chi connectivity index (χ1) is 11.8. The molecule has 24 heavy (non-hydrogen) atoms. The van der Waals surface area contributed by atoms with Gasteiger partial charge in [0.2, 0.25) is 0 Å². The minimum absolute atomic E-state index is 0.0460. The first-order valence-corrected chi connectivity index (χ1v) is 8.11. The highest BCUT2D eigenvalue weighted by atomic mass is 16.6. The van der Waals surface area contributed by atoms with Gasteiger partial charge >= 0.3 is 6.09 Å². The average molecular weight is 327 g/mol. The Morgan fingerprint density at radius 3 is 2.46 bits per heavy atom. The van der Waals surface area contributed by atoms with Crippen LogP contribution in [0.15, 0.2) is 54.6 Å². The third-order valence-corrected chi connectivity index (χ3v) is 4.10. The van der Waals surface area contributed by atoms with Crippen LogP contribution >= 0.6 is 0 Å². The van der Waals surface area contributed by atoms with Crippen molar-refractivity contribution in [3.05, 3.63) is 60.2 Å². The third kappa shape index (κ3) is 3.86. The van der Waals surface area contributed by atoms with Gasteiger partial charge in [-0.3, -0.25) is 4.90 Å². The van der Waals surface area contributed by atoms with Gasteiger partial charge in [0.25, 0.3) is 0 Å². The molecule has 0 atom stereocenters. The molecule has 5 heteroatoms. The second-order valence-electron chi connectivity index (χ2n) is 5.74. The Labute approximate surface area is 141 Å². The first-order valence-electron chi connectivity index (χ1n) is 8.11. The van der Waals surface area contributed by atoms with Gasteiger partial charge in [-0.15, -0.1) is 0 Å². The lowest BCUT2D eigenvalue weighted by atomic mass is 10.1. The zero-order chi connectivity index (χ0) is 16.8. The Morgan fingerprint density at radius 1 is 1.08 bits per heavy atom. The van der Waals surface area contributed by atoms with Crippen molar-refractivity contribution in [2.45, 2.75) is 25.5 Å². The Bertz CT molecular complexity index is 668. The number of benzene rings is 2. The summed E-state index contributed by atoms with van der Waals surface area (Å²) in [4.78, 5) is 14.3. The van der Waals surface area contributed by atoms with Crippen molar-refractivity contribution in [1.29, 1.82) is 0 Å². The van der Waals surface area contributed by atoms with Gasteiger partial charge in [0.15, 0.2) is 0 Å². The molecule has 1 saturated heterocycles. The van der Waals surface area contributed by atoms with Crippen LogP contribution in [0.2, 0.25) is 0 Å². The molecule has 1 heterocycles. The normalized spacial score (nSPS) is 15.0. The summed E-state index contributed by atoms with van der Waals surface area (Å²) in [5.41, 5.74) is 1.40. The van der Waals surface area contributed by atoms with E-state index in [0.717, 1.165) is 18.4 Å². The number of nitrogens with zero attached hydrogens (tertiary/aromatic N) is 1. The molecule has 0 aromatic heterocycles. The molecule has 1 N–H and O–H groups in total. The molecule has 0 saturated carbocycles. The van der Waals surface area contributed by atoms with E-state index in [1.54, 1.807) is 29.2 Å². The number of para-hydroxylation sites is 2. The lowest BCUT2D eigenvalue weighted by Gasteiger charge is -2.33. The van der Waals surface area contributed by atoms with Crippen molar-refractivity contribution in [2.24, 2.45) is 0 Å². The van der Waals surface area contributed by atoms with Gasteiger partial charge in [-0.1, -0.05) is 42.5 Å². The minimum atomic E-state index is -0.452. The number of hydrogen-bond acceptors (Lipinski definition) is 4. The molecule has 0 unspecified atom stereocenters. The average Bonchev–Trinajstić information content (AvgIpc) is 2.64. The summed E-state index contributed by atoms with van der Waals surface area (Å²) in [6, 6.07) is 16.3. The molecule has 1 aliphatic heterocycles. The molecule has 0 spiro atoms. The SMILES string of the molecule is O=C(OCc1ccccc1)N(c1ccccc1O)C1CCOCC1. The van der Waals surface area contributed by atoms with Gasteiger partial charge in [0.05, 0.1) is 5.69 Å². The number of aromatic hydroxyl groups is 1. The van der Waals surface area contributed by atoms with Crippen molar-refractivity contribution >= 4 is 11.8 Å². The zero-order valence-corrected chi connectivity index (χ0v) is 13.4. The van der Waals surface area contributed by atoms with Gasteiger partial charge in [-0.25, -0.2) is 4.79 Å². The van der Waals surface area contributed by atoms with Crippen LogP contribution in [0, 0.1) is 0 Å². The van der Waals surface area contributed by atoms with E-state index in [-0.39, 0.29) is 18.4 Å². The summed E-state index contributed by atoms with van der Waals surface area (Å²) in [6.07, 6.45) is 0.982. The number of phenolic OH excluding ortho intramolecular Hbond substituents is 1. The van der Waals surface area contributed by atoms with Gasteiger partial charge < -0.3 is 14.6 Å². The summed E-state index contributed by atoms with van der Waals surface area (Å²) in [5, 5.41) is 10.2. The molecule has 3 rings (SSSR count). The van der Waals surface area contributed by atoms with E-state index in [4.69, 9.17) is 9.47 Å². The highest BCUT2D eigenvalue weighted by Crippen LogP contribution is 2.31. The van der Waals surface area contributed by atoms with Crippen LogP contribution in [0.4, 0.5) is 10.5 Å². The second kappa shape index (κ2) is 7.84. The molecule has 5 nitrogen and oxygen atoms in total. The summed E-state index contributed by atoms with van der Waals surface area (Å²) < 4.78 is 10.9. The van der Waals surface area contributed by atoms with E-state index in [2.05, 4.69) is 0 Å². The largest absolute Gasteiger partial charge is 0.506 e. The van der Waals surface area contributed by atoms with Crippen LogP contribution < -0.4 is 4.90 Å².